The van der Waals surface area contributed by atoms with Gasteiger partial charge in [0.05, 0.1) is 14.2 Å². The number of hydrogen-bond acceptors (Lipinski definition) is 4. The predicted molar refractivity (Wildman–Crippen MR) is 67.6 cm³/mol. The Hall–Kier alpha value is -2.36. The van der Waals surface area contributed by atoms with Crippen LogP contribution in [0.1, 0.15) is 10.4 Å². The second-order valence-electron chi connectivity index (χ2n) is 3.65. The van der Waals surface area contributed by atoms with Crippen molar-refractivity contribution in [3.8, 4) is 16.9 Å². The van der Waals surface area contributed by atoms with E-state index in [0.29, 0.717) is 11.3 Å². The fourth-order valence-corrected chi connectivity index (χ4v) is 1.68. The third-order valence-corrected chi connectivity index (χ3v) is 2.60. The zero-order chi connectivity index (χ0) is 13.0. The summed E-state index contributed by atoms with van der Waals surface area (Å²) in [5, 5.41) is 0. The lowest BCUT2D eigenvalue weighted by Crippen LogP contribution is -2.04. The maximum atomic E-state index is 11.5. The Morgan fingerprint density at radius 1 is 1.17 bits per heavy atom. The van der Waals surface area contributed by atoms with Crippen LogP contribution in [0, 0.1) is 0 Å². The molecule has 18 heavy (non-hydrogen) atoms. The second-order valence-corrected chi connectivity index (χ2v) is 3.65. The molecule has 1 aromatic carbocycles. The lowest BCUT2D eigenvalue weighted by atomic mass is 10.0. The molecule has 0 aliphatic heterocycles. The minimum atomic E-state index is -0.412. The van der Waals surface area contributed by atoms with Gasteiger partial charge in [-0.25, -0.2) is 4.79 Å². The van der Waals surface area contributed by atoms with Crippen LogP contribution in [0.25, 0.3) is 11.1 Å². The first-order chi connectivity index (χ1) is 8.76. The third kappa shape index (κ3) is 2.32. The van der Waals surface area contributed by atoms with Crippen LogP contribution in [0.2, 0.25) is 0 Å². The Balaban J connectivity index is 2.45. The lowest BCUT2D eigenvalue weighted by Gasteiger charge is -2.09. The fraction of sp³-hybridized carbons (Fsp3) is 0.143. The fourth-order valence-electron chi connectivity index (χ4n) is 1.68. The van der Waals surface area contributed by atoms with Gasteiger partial charge in [-0.2, -0.15) is 0 Å². The van der Waals surface area contributed by atoms with E-state index in [4.69, 9.17) is 9.47 Å². The Kier molecular flexibility index (Phi) is 3.57. The Morgan fingerprint density at radius 3 is 2.61 bits per heavy atom. The second kappa shape index (κ2) is 5.31. The lowest BCUT2D eigenvalue weighted by molar-refractivity contribution is 0.0597. The first kappa shape index (κ1) is 12.1. The molecule has 0 atom stereocenters. The Morgan fingerprint density at radius 2 is 2.00 bits per heavy atom. The standard InChI is InChI=1S/C14H13NO3/c1-17-13-8-10(11-4-3-7-15-9-11)5-6-12(13)14(16)18-2/h3-9H,1-2H3. The molecule has 4 nitrogen and oxygen atoms in total. The number of aromatic nitrogens is 1. The van der Waals surface area contributed by atoms with Crippen LogP contribution in [0.15, 0.2) is 42.7 Å². The molecule has 0 saturated carbocycles. The van der Waals surface area contributed by atoms with E-state index in [1.165, 1.54) is 14.2 Å². The summed E-state index contributed by atoms with van der Waals surface area (Å²) in [6.07, 6.45) is 3.47. The van der Waals surface area contributed by atoms with Crippen LogP contribution in [0.3, 0.4) is 0 Å². The van der Waals surface area contributed by atoms with Gasteiger partial charge in [-0.15, -0.1) is 0 Å². The molecule has 1 aromatic heterocycles. The average Bonchev–Trinajstić information content (AvgIpc) is 2.46. The van der Waals surface area contributed by atoms with E-state index in [9.17, 15) is 4.79 Å². The summed E-state index contributed by atoms with van der Waals surface area (Å²) in [5.41, 5.74) is 2.31. The highest BCUT2D eigenvalue weighted by Crippen LogP contribution is 2.27. The van der Waals surface area contributed by atoms with Crippen molar-refractivity contribution in [3.63, 3.8) is 0 Å². The van der Waals surface area contributed by atoms with Crippen molar-refractivity contribution in [2.75, 3.05) is 14.2 Å². The highest BCUT2D eigenvalue weighted by Gasteiger charge is 2.13. The molecule has 0 fully saturated rings. The van der Waals surface area contributed by atoms with Gasteiger partial charge >= 0.3 is 5.97 Å². The minimum absolute atomic E-state index is 0.410. The molecule has 0 aliphatic carbocycles. The molecule has 0 N–H and O–H groups in total. The number of pyridine rings is 1. The summed E-state index contributed by atoms with van der Waals surface area (Å²) in [6.45, 7) is 0. The van der Waals surface area contributed by atoms with Gasteiger partial charge in [0, 0.05) is 18.0 Å². The molecule has 0 radical (unpaired) electrons. The zero-order valence-electron chi connectivity index (χ0n) is 10.2. The number of ether oxygens (including phenoxy) is 2. The van der Waals surface area contributed by atoms with Crippen LogP contribution in [-0.4, -0.2) is 25.2 Å². The summed E-state index contributed by atoms with van der Waals surface area (Å²) >= 11 is 0. The highest BCUT2D eigenvalue weighted by molar-refractivity contribution is 5.93. The normalized spacial score (nSPS) is 9.89. The molecule has 4 heteroatoms. The van der Waals surface area contributed by atoms with Crippen molar-refractivity contribution >= 4 is 5.97 Å². The molecule has 0 unspecified atom stereocenters. The number of carbonyl (C=O) groups is 1. The number of esters is 1. The van der Waals surface area contributed by atoms with E-state index in [0.717, 1.165) is 11.1 Å². The van der Waals surface area contributed by atoms with Crippen LogP contribution in [0.5, 0.6) is 5.75 Å². The predicted octanol–water partition coefficient (Wildman–Crippen LogP) is 2.54. The van der Waals surface area contributed by atoms with Crippen LogP contribution in [0.4, 0.5) is 0 Å². The van der Waals surface area contributed by atoms with Crippen LogP contribution >= 0.6 is 0 Å². The van der Waals surface area contributed by atoms with E-state index in [-0.39, 0.29) is 0 Å². The van der Waals surface area contributed by atoms with Gasteiger partial charge < -0.3 is 9.47 Å². The largest absolute Gasteiger partial charge is 0.496 e. The van der Waals surface area contributed by atoms with Gasteiger partial charge in [0.25, 0.3) is 0 Å². The van der Waals surface area contributed by atoms with Crippen molar-refractivity contribution < 1.29 is 14.3 Å². The first-order valence-corrected chi connectivity index (χ1v) is 5.43. The molecule has 0 aliphatic rings. The molecule has 0 bridgehead atoms. The van der Waals surface area contributed by atoms with Gasteiger partial charge in [-0.1, -0.05) is 12.1 Å². The topological polar surface area (TPSA) is 48.4 Å². The van der Waals surface area contributed by atoms with Gasteiger partial charge in [0.1, 0.15) is 11.3 Å². The van der Waals surface area contributed by atoms with E-state index < -0.39 is 5.97 Å². The maximum Gasteiger partial charge on any atom is 0.341 e. The number of carbonyl (C=O) groups excluding carboxylic acids is 1. The summed E-state index contributed by atoms with van der Waals surface area (Å²) in [5.74, 6) is 0.0767. The molecule has 2 aromatic rings. The third-order valence-electron chi connectivity index (χ3n) is 2.60. The maximum absolute atomic E-state index is 11.5. The summed E-state index contributed by atoms with van der Waals surface area (Å²) in [4.78, 5) is 15.6. The smallest absolute Gasteiger partial charge is 0.341 e. The summed E-state index contributed by atoms with van der Waals surface area (Å²) in [6, 6.07) is 9.12. The average molecular weight is 243 g/mol. The van der Waals surface area contributed by atoms with Crippen molar-refractivity contribution in [1.82, 2.24) is 4.98 Å². The molecular weight excluding hydrogens is 230 g/mol. The van der Waals surface area contributed by atoms with Crippen molar-refractivity contribution in [3.05, 3.63) is 48.3 Å². The van der Waals surface area contributed by atoms with Crippen LogP contribution < -0.4 is 4.74 Å². The molecule has 2 rings (SSSR count). The van der Waals surface area contributed by atoms with Gasteiger partial charge in [-0.05, 0) is 23.8 Å². The summed E-state index contributed by atoms with van der Waals surface area (Å²) in [7, 11) is 2.87. The van der Waals surface area contributed by atoms with E-state index in [1.54, 1.807) is 24.5 Å². The SMILES string of the molecule is COC(=O)c1ccc(-c2cccnc2)cc1OC. The molecule has 1 heterocycles. The number of methoxy groups -OCH3 is 2. The number of hydrogen-bond donors (Lipinski definition) is 0. The van der Waals surface area contributed by atoms with E-state index in [2.05, 4.69) is 4.98 Å². The number of rotatable bonds is 3. The molecule has 0 saturated heterocycles. The Labute approximate surface area is 105 Å². The minimum Gasteiger partial charge on any atom is -0.496 e. The van der Waals surface area contributed by atoms with Crippen molar-refractivity contribution in [2.45, 2.75) is 0 Å². The Bertz CT molecular complexity index is 552. The van der Waals surface area contributed by atoms with Crippen LogP contribution in [-0.2, 0) is 4.74 Å². The number of nitrogens with zero attached hydrogens (tertiary/aromatic N) is 1. The van der Waals surface area contributed by atoms with E-state index >= 15 is 0 Å². The van der Waals surface area contributed by atoms with Gasteiger partial charge in [-0.3, -0.25) is 4.98 Å². The van der Waals surface area contributed by atoms with E-state index in [1.807, 2.05) is 18.2 Å². The highest BCUT2D eigenvalue weighted by atomic mass is 16.5. The van der Waals surface area contributed by atoms with Gasteiger partial charge in [0.2, 0.25) is 0 Å². The molecule has 92 valence electrons. The molecule has 0 amide bonds. The zero-order valence-corrected chi connectivity index (χ0v) is 10.2. The quantitative estimate of drug-likeness (QED) is 0.777. The monoisotopic (exact) mass is 243 g/mol. The molecular formula is C14H13NO3. The van der Waals surface area contributed by atoms with Crippen molar-refractivity contribution in [1.29, 1.82) is 0 Å². The summed E-state index contributed by atoms with van der Waals surface area (Å²) < 4.78 is 9.90. The first-order valence-electron chi connectivity index (χ1n) is 5.43. The molecule has 0 spiro atoms. The number of benzene rings is 1. The van der Waals surface area contributed by atoms with Crippen molar-refractivity contribution in [2.24, 2.45) is 0 Å². The van der Waals surface area contributed by atoms with Gasteiger partial charge in [0.15, 0.2) is 0 Å².